The molecular formula is C90H120N11O27P3S4. The first-order chi connectivity index (χ1) is 63.3. The highest BCUT2D eigenvalue weighted by Crippen LogP contribution is 2.68. The van der Waals surface area contributed by atoms with Gasteiger partial charge in [-0.25, -0.2) is 45.5 Å². The molecule has 45 heteroatoms. The van der Waals surface area contributed by atoms with Crippen LogP contribution in [-0.4, -0.2) is 201 Å². The van der Waals surface area contributed by atoms with Gasteiger partial charge in [0, 0.05) is 127 Å². The van der Waals surface area contributed by atoms with E-state index in [-0.39, 0.29) is 74.2 Å². The molecule has 10 N–H and O–H groups in total. The maximum absolute atomic E-state index is 13.2. The molecule has 0 spiro atoms. The molecule has 2 amide bonds. The van der Waals surface area contributed by atoms with Gasteiger partial charge >= 0.3 is 23.5 Å². The number of phosphoric acid groups is 3. The number of nitrogens with zero attached hydrogens (tertiary/aromatic N) is 8. The van der Waals surface area contributed by atoms with Crippen molar-refractivity contribution in [1.29, 1.82) is 0 Å². The summed E-state index contributed by atoms with van der Waals surface area (Å²) in [6.45, 7) is 21.3. The number of carbonyl (C=O) groups is 2. The smallest absolute Gasteiger partial charge is 0.490 e. The Morgan fingerprint density at radius 1 is 0.526 bits per heavy atom. The number of amides is 2. The van der Waals surface area contributed by atoms with Crippen LogP contribution in [0.15, 0.2) is 189 Å². The number of hydrogen-bond donors (Lipinski definition) is 9. The molecule has 5 aliphatic rings. The fourth-order valence-electron chi connectivity index (χ4n) is 17.7. The number of nitrogens with two attached hydrogens (primary N) is 1. The number of imidazole rings is 1. The number of ether oxygens (including phenoxy) is 2. The van der Waals surface area contributed by atoms with Gasteiger partial charge in [-0.2, -0.15) is 34.6 Å². The molecule has 38 nitrogen and oxygen atoms in total. The molecule has 5 aliphatic heterocycles. The number of allylic oxidation sites excluding steroid dienone is 14. The first-order valence-electron chi connectivity index (χ1n) is 44.5. The predicted octanol–water partition coefficient (Wildman–Crippen LogP) is 13.5. The lowest BCUT2D eigenvalue weighted by Crippen LogP contribution is -2.36. The van der Waals surface area contributed by atoms with Crippen molar-refractivity contribution in [3.05, 3.63) is 192 Å². The lowest BCUT2D eigenvalue weighted by molar-refractivity contribution is -0.438. The van der Waals surface area contributed by atoms with E-state index in [1.807, 2.05) is 142 Å². The van der Waals surface area contributed by atoms with Gasteiger partial charge in [-0.1, -0.05) is 102 Å². The van der Waals surface area contributed by atoms with Gasteiger partial charge in [-0.05, 0) is 177 Å². The van der Waals surface area contributed by atoms with Crippen LogP contribution in [0.3, 0.4) is 0 Å². The fourth-order valence-corrected chi connectivity index (χ4v) is 23.3. The van der Waals surface area contributed by atoms with E-state index in [2.05, 4.69) is 53.2 Å². The standard InChI is InChI=1S/C90H120N11O27P3S4/c1-11-97-70-45-41-62(132(111,112)113)55-66(70)87(3,4)75(97)35-23-14-13-15-24-37-77-89(7,8)68-57-64(134(117,118)119)43-47-72(68)99(77)51-31-21-27-39-79(102)92-49-29-16-18-33-53-123-83-82(104)74(126-86(83)101-61-96-81-84(91)94-60-95-85(81)101)59-125-130(107,108)128-131(109,110)127-129(105,106)124-54-34-19-17-30-50-93-80(103)40-28-22-32-52-100-73-48-44-65(135(120,121)122)58-69(73)90(9,10)78(100)38-26-20-25-36-76-88(5,6)67-56-63(133(114,115)116)42-46-71(67)98(76)12-2/h13-15,20,23-26,35-38,41-48,55-58,60-61,74,82-83,86,104H,11-12,16-19,21-22,27-34,39-40,49-54,59H2,1-10H3,(H9-2,91,92,93,94,95,102,103,105,106,107,108,109,110,111,112,113,114,115,116,117,118,119,120,121,122)/t74-,82-,83-,86-/m1/s1. The molecule has 7 atom stereocenters. The summed E-state index contributed by atoms with van der Waals surface area (Å²) in [5.41, 5.74) is 13.4. The molecule has 0 bridgehead atoms. The van der Waals surface area contributed by atoms with Crippen molar-refractivity contribution in [3.8, 4) is 0 Å². The zero-order valence-electron chi connectivity index (χ0n) is 76.9. The van der Waals surface area contributed by atoms with Crippen molar-refractivity contribution in [3.63, 3.8) is 0 Å². The third kappa shape index (κ3) is 26.2. The Morgan fingerprint density at radius 2 is 0.948 bits per heavy atom. The molecule has 11 rings (SSSR count). The molecule has 1 fully saturated rings. The summed E-state index contributed by atoms with van der Waals surface area (Å²) in [7, 11) is -35.4. The number of anilines is 3. The number of unbranched alkanes of at least 4 members (excludes halogenated alkanes) is 10. The molecule has 2 aromatic heterocycles. The maximum Gasteiger partial charge on any atom is 0.490 e. The number of aliphatic hydroxyl groups is 1. The van der Waals surface area contributed by atoms with Gasteiger partial charge in [0.1, 0.15) is 63.5 Å². The summed E-state index contributed by atoms with van der Waals surface area (Å²) in [4.78, 5) is 72.9. The van der Waals surface area contributed by atoms with Crippen LogP contribution in [0.25, 0.3) is 11.2 Å². The van der Waals surface area contributed by atoms with Crippen LogP contribution in [0.2, 0.25) is 0 Å². The third-order valence-corrected chi connectivity index (χ3v) is 32.3. The van der Waals surface area contributed by atoms with Crippen LogP contribution in [0, 0.1) is 0 Å². The van der Waals surface area contributed by atoms with Crippen molar-refractivity contribution in [2.75, 3.05) is 74.6 Å². The molecule has 135 heavy (non-hydrogen) atoms. The first-order valence-corrected chi connectivity index (χ1v) is 54.7. The van der Waals surface area contributed by atoms with Crippen LogP contribution in [0.4, 0.5) is 28.6 Å². The number of phosphoric ester groups is 2. The molecule has 0 aliphatic carbocycles. The van der Waals surface area contributed by atoms with Gasteiger partial charge in [0.2, 0.25) is 23.2 Å². The first kappa shape index (κ1) is 107. The number of nitrogen functional groups attached to an aromatic ring is 1. The number of benzene rings is 4. The van der Waals surface area contributed by atoms with E-state index >= 15 is 0 Å². The van der Waals surface area contributed by atoms with Crippen molar-refractivity contribution < 1.29 is 131 Å². The normalized spacial score (nSPS) is 20.7. The molecule has 0 saturated carbocycles. The van der Waals surface area contributed by atoms with Crippen molar-refractivity contribution in [1.82, 2.24) is 30.2 Å². The van der Waals surface area contributed by atoms with Gasteiger partial charge < -0.3 is 64.5 Å². The number of likely N-dealkylation sites (N-methyl/N-ethyl adjacent to an activating group) is 2. The highest BCUT2D eigenvalue weighted by Gasteiger charge is 2.51. The number of hydrogen-bond acceptors (Lipinski definition) is 28. The van der Waals surface area contributed by atoms with E-state index in [0.29, 0.717) is 139 Å². The summed E-state index contributed by atoms with van der Waals surface area (Å²) in [6, 6.07) is 17.9. The second-order valence-corrected chi connectivity index (χ2v) is 45.7. The second-order valence-electron chi connectivity index (χ2n) is 35.4. The van der Waals surface area contributed by atoms with Gasteiger partial charge in [-0.15, -0.1) is 0 Å². The monoisotopic (exact) mass is 2010 g/mol. The molecule has 7 heterocycles. The van der Waals surface area contributed by atoms with Crippen molar-refractivity contribution in [2.24, 2.45) is 0 Å². The van der Waals surface area contributed by atoms with Gasteiger partial charge in [-0.3, -0.25) is 32.3 Å². The molecule has 0 radical (unpaired) electrons. The molecule has 736 valence electrons. The van der Waals surface area contributed by atoms with Crippen LogP contribution in [0.5, 0.6) is 0 Å². The molecule has 4 aromatic carbocycles. The largest absolute Gasteiger partial charge is 0.744 e. The van der Waals surface area contributed by atoms with E-state index in [4.69, 9.17) is 24.3 Å². The van der Waals surface area contributed by atoms with Crippen molar-refractivity contribution >= 4 is 127 Å². The topological polar surface area (TPSA) is 551 Å². The minimum absolute atomic E-state index is 0.0216. The molecule has 6 aromatic rings. The summed E-state index contributed by atoms with van der Waals surface area (Å²) in [6.07, 6.45) is 27.9. The summed E-state index contributed by atoms with van der Waals surface area (Å²) in [5, 5.41) is 17.5. The quantitative estimate of drug-likeness (QED) is 0.00563. The van der Waals surface area contributed by atoms with E-state index in [9.17, 15) is 95.0 Å². The van der Waals surface area contributed by atoms with Gasteiger partial charge in [0.15, 0.2) is 29.1 Å². The van der Waals surface area contributed by atoms with Gasteiger partial charge in [0.05, 0.1) is 50.0 Å². The average molecular weight is 2010 g/mol. The number of fused-ring (bicyclic) bond motifs is 5. The number of aromatic nitrogens is 4. The Labute approximate surface area is 787 Å². The van der Waals surface area contributed by atoms with E-state index in [0.717, 1.165) is 51.1 Å². The number of nitrogens with one attached hydrogen (secondary N) is 2. The number of carbonyl (C=O) groups excluding carboxylic acids is 2. The predicted molar refractivity (Wildman–Crippen MR) is 504 cm³/mol. The molecular weight excluding hydrogens is 1890 g/mol. The Bertz CT molecular complexity index is 6370. The fraction of sp³-hybridized carbons (Fsp3) is 0.478. The highest BCUT2D eigenvalue weighted by atomic mass is 32.2. The van der Waals surface area contributed by atoms with Crippen LogP contribution in [-0.2, 0) is 113 Å². The van der Waals surface area contributed by atoms with Crippen molar-refractivity contribution in [2.45, 2.75) is 238 Å². The highest BCUT2D eigenvalue weighted by molar-refractivity contribution is 7.86. The zero-order chi connectivity index (χ0) is 98.7. The lowest BCUT2D eigenvalue weighted by atomic mass is 9.81. The summed E-state index contributed by atoms with van der Waals surface area (Å²) < 4.78 is 216. The lowest BCUT2D eigenvalue weighted by Gasteiger charge is -2.25. The Morgan fingerprint density at radius 3 is 1.41 bits per heavy atom. The second kappa shape index (κ2) is 44.1. The number of aliphatic hydroxyl groups excluding tert-OH is 1. The van der Waals surface area contributed by atoms with Gasteiger partial charge in [0.25, 0.3) is 20.2 Å². The zero-order valence-corrected chi connectivity index (χ0v) is 82.8. The van der Waals surface area contributed by atoms with Crippen LogP contribution in [0.1, 0.15) is 200 Å². The molecule has 3 unspecified atom stereocenters. The maximum atomic E-state index is 13.2. The van der Waals surface area contributed by atoms with E-state index in [1.54, 1.807) is 24.3 Å². The Hall–Kier alpha value is -8.78. The van der Waals surface area contributed by atoms with E-state index in [1.165, 1.54) is 65.8 Å². The Balaban J connectivity index is 0.571. The minimum Gasteiger partial charge on any atom is -0.744 e. The summed E-state index contributed by atoms with van der Waals surface area (Å²) in [5.74, 6) is -0.283. The SMILES string of the molecule is CCN1/C(=C/C=C/C=C/C=C/C2=[N+](CCCCCC(=O)NCCCCCCO[C@@H]3[C@H](O)[C@@H](COP(=O)(O)OP(=O)(O)OP(=O)(O)OCCCCCCNC(=O)CCCCC[N+]4=C(/C=C/C=C/C=C5/N(CC)c6ccc(S(=O)(=O)[O-])cc6C5(C)C)C(C)(C)c5cc(S(=O)(=O)O)ccc54)O[C@H]3n3cnc4c(N)ncnc43)c3ccc(S(=O)(=O)O)cc3C2(C)C)C(C)(C)c2cc(S(=O)(=O)[O-])ccc21. The average Bonchev–Trinajstić information content (AvgIpc) is 1.59. The van der Waals surface area contributed by atoms with E-state index < -0.39 is 123 Å². The molecule has 1 saturated heterocycles. The number of rotatable bonds is 49. The Kier molecular flexibility index (Phi) is 34.9. The summed E-state index contributed by atoms with van der Waals surface area (Å²) >= 11 is 0. The minimum atomic E-state index is -5.92. The third-order valence-electron chi connectivity index (χ3n) is 24.7. The van der Waals surface area contributed by atoms with Crippen LogP contribution < -0.4 is 26.2 Å². The van der Waals surface area contributed by atoms with Crippen LogP contribution >= 0.6 is 23.5 Å².